The molecule has 0 aliphatic carbocycles. The van der Waals surface area contributed by atoms with Gasteiger partial charge in [-0.05, 0) is 12.1 Å². The SMILES string of the molecule is Oc1cccc2cccccccnc12. The second-order valence-electron chi connectivity index (χ2n) is 3.12. The Balaban J connectivity index is 2.83. The van der Waals surface area contributed by atoms with Crippen LogP contribution in [0, 0.1) is 0 Å². The van der Waals surface area contributed by atoms with Gasteiger partial charge in [0.15, 0.2) is 0 Å². The summed E-state index contributed by atoms with van der Waals surface area (Å²) in [5.74, 6) is 0.200. The normalized spacial score (nSPS) is 9.60. The minimum Gasteiger partial charge on any atom is -0.506 e. The van der Waals surface area contributed by atoms with Crippen LogP contribution in [0.15, 0.2) is 60.8 Å². The second kappa shape index (κ2) is 4.42. The van der Waals surface area contributed by atoms with Gasteiger partial charge in [0.05, 0.1) is 0 Å². The molecule has 2 heteroatoms. The number of para-hydroxylation sites is 1. The summed E-state index contributed by atoms with van der Waals surface area (Å²) in [6.07, 6.45) is 1.67. The lowest BCUT2D eigenvalue weighted by Crippen LogP contribution is -1.74. The summed E-state index contributed by atoms with van der Waals surface area (Å²) < 4.78 is 0. The second-order valence-corrected chi connectivity index (χ2v) is 3.12. The molecule has 0 saturated carbocycles. The van der Waals surface area contributed by atoms with Gasteiger partial charge in [0.2, 0.25) is 0 Å². The lowest BCUT2D eigenvalue weighted by atomic mass is 10.2. The molecule has 2 aromatic rings. The molecule has 0 aliphatic rings. The van der Waals surface area contributed by atoms with E-state index in [1.54, 1.807) is 18.3 Å². The number of hydrogen-bond acceptors (Lipinski definition) is 2. The summed E-state index contributed by atoms with van der Waals surface area (Å²) in [7, 11) is 0. The molecule has 15 heavy (non-hydrogen) atoms. The maximum atomic E-state index is 9.65. The molecule has 1 heterocycles. The van der Waals surface area contributed by atoms with Crippen LogP contribution in [0.5, 0.6) is 5.75 Å². The van der Waals surface area contributed by atoms with Crippen molar-refractivity contribution in [3.63, 3.8) is 0 Å². The Bertz CT molecular complexity index is 521. The largest absolute Gasteiger partial charge is 0.506 e. The number of nitrogens with zero attached hydrogens (tertiary/aromatic N) is 1. The van der Waals surface area contributed by atoms with Crippen molar-refractivity contribution in [1.82, 2.24) is 4.98 Å². The first-order valence-electron chi connectivity index (χ1n) is 4.74. The van der Waals surface area contributed by atoms with E-state index in [4.69, 9.17) is 0 Å². The molecule has 1 aromatic heterocycles. The van der Waals surface area contributed by atoms with Crippen molar-refractivity contribution in [3.8, 4) is 5.75 Å². The molecule has 0 atom stereocenters. The van der Waals surface area contributed by atoms with E-state index in [0.29, 0.717) is 5.52 Å². The van der Waals surface area contributed by atoms with Crippen LogP contribution >= 0.6 is 0 Å². The third kappa shape index (κ3) is 2.23. The number of aromatic nitrogens is 1. The zero-order chi connectivity index (χ0) is 10.5. The van der Waals surface area contributed by atoms with Gasteiger partial charge < -0.3 is 5.11 Å². The maximum absolute atomic E-state index is 9.65. The highest BCUT2D eigenvalue weighted by molar-refractivity contribution is 5.83. The molecule has 0 aliphatic heterocycles. The summed E-state index contributed by atoms with van der Waals surface area (Å²) in [4.78, 5) is 4.20. The molecular formula is C13H11NO. The van der Waals surface area contributed by atoms with Gasteiger partial charge >= 0.3 is 0 Å². The predicted molar refractivity (Wildman–Crippen MR) is 61.0 cm³/mol. The van der Waals surface area contributed by atoms with E-state index in [1.807, 2.05) is 42.5 Å². The molecule has 0 bridgehead atoms. The minimum atomic E-state index is 0.200. The van der Waals surface area contributed by atoms with Crippen molar-refractivity contribution in [3.05, 3.63) is 60.8 Å². The number of aromatic hydroxyl groups is 1. The monoisotopic (exact) mass is 197 g/mol. The molecule has 0 spiro atoms. The predicted octanol–water partition coefficient (Wildman–Crippen LogP) is 3.06. The Kier molecular flexibility index (Phi) is 2.79. The molecule has 0 radical (unpaired) electrons. The van der Waals surface area contributed by atoms with Crippen molar-refractivity contribution in [2.24, 2.45) is 0 Å². The van der Waals surface area contributed by atoms with E-state index in [2.05, 4.69) is 4.98 Å². The van der Waals surface area contributed by atoms with E-state index >= 15 is 0 Å². The topological polar surface area (TPSA) is 33.1 Å². The molecule has 2 rings (SSSR count). The van der Waals surface area contributed by atoms with Crippen LogP contribution in [0.2, 0.25) is 0 Å². The highest BCUT2D eigenvalue weighted by Crippen LogP contribution is 2.19. The molecule has 1 aromatic carbocycles. The van der Waals surface area contributed by atoms with Crippen molar-refractivity contribution in [2.45, 2.75) is 0 Å². The van der Waals surface area contributed by atoms with Crippen molar-refractivity contribution < 1.29 is 5.11 Å². The van der Waals surface area contributed by atoms with Gasteiger partial charge in [-0.1, -0.05) is 42.5 Å². The van der Waals surface area contributed by atoms with Gasteiger partial charge in [0.25, 0.3) is 0 Å². The molecule has 0 unspecified atom stereocenters. The van der Waals surface area contributed by atoms with Gasteiger partial charge in [0.1, 0.15) is 11.3 Å². The van der Waals surface area contributed by atoms with E-state index in [9.17, 15) is 5.11 Å². The van der Waals surface area contributed by atoms with Crippen molar-refractivity contribution >= 4 is 10.9 Å². The van der Waals surface area contributed by atoms with Gasteiger partial charge in [-0.2, -0.15) is 0 Å². The highest BCUT2D eigenvalue weighted by atomic mass is 16.3. The van der Waals surface area contributed by atoms with Gasteiger partial charge in [0, 0.05) is 11.6 Å². The molecule has 0 fully saturated rings. The van der Waals surface area contributed by atoms with Gasteiger partial charge in [-0.15, -0.1) is 0 Å². The molecule has 2 nitrogen and oxygen atoms in total. The molecule has 0 saturated heterocycles. The molecular weight excluding hydrogens is 186 g/mol. The Morgan fingerprint density at radius 2 is 1.53 bits per heavy atom. The first kappa shape index (κ1) is 9.46. The number of phenolic OH excluding ortho intramolecular Hbond substituents is 1. The van der Waals surface area contributed by atoms with E-state index in [0.717, 1.165) is 5.39 Å². The number of hydrogen-bond donors (Lipinski definition) is 1. The Morgan fingerprint density at radius 3 is 2.47 bits per heavy atom. The lowest BCUT2D eigenvalue weighted by molar-refractivity contribution is 0.480. The Hall–Kier alpha value is -2.09. The third-order valence-electron chi connectivity index (χ3n) is 2.06. The fraction of sp³-hybridized carbons (Fsp3) is 0. The number of phenols is 1. The first-order chi connectivity index (χ1) is 7.38. The van der Waals surface area contributed by atoms with E-state index in [-0.39, 0.29) is 5.75 Å². The van der Waals surface area contributed by atoms with Crippen LogP contribution in [0.4, 0.5) is 0 Å². The average Bonchev–Trinajstić information content (AvgIpc) is 2.26. The quantitative estimate of drug-likeness (QED) is 0.704. The van der Waals surface area contributed by atoms with Crippen LogP contribution in [-0.2, 0) is 0 Å². The van der Waals surface area contributed by atoms with Crippen LogP contribution < -0.4 is 0 Å². The molecule has 74 valence electrons. The summed E-state index contributed by atoms with van der Waals surface area (Å²) >= 11 is 0. The van der Waals surface area contributed by atoms with Crippen LogP contribution in [-0.4, -0.2) is 10.1 Å². The minimum absolute atomic E-state index is 0.200. The summed E-state index contributed by atoms with van der Waals surface area (Å²) in [6.45, 7) is 0. The van der Waals surface area contributed by atoms with Crippen LogP contribution in [0.25, 0.3) is 10.9 Å². The van der Waals surface area contributed by atoms with Gasteiger partial charge in [-0.25, -0.2) is 0 Å². The van der Waals surface area contributed by atoms with Crippen molar-refractivity contribution in [2.75, 3.05) is 0 Å². The van der Waals surface area contributed by atoms with Crippen molar-refractivity contribution in [1.29, 1.82) is 0 Å². The average molecular weight is 197 g/mol. The van der Waals surface area contributed by atoms with Crippen LogP contribution in [0.1, 0.15) is 0 Å². The summed E-state index contributed by atoms with van der Waals surface area (Å²) in [5.41, 5.74) is 0.605. The Labute approximate surface area is 88.2 Å². The Morgan fingerprint density at radius 1 is 0.800 bits per heavy atom. The fourth-order valence-corrected chi connectivity index (χ4v) is 1.34. The fourth-order valence-electron chi connectivity index (χ4n) is 1.34. The number of rotatable bonds is 0. The lowest BCUT2D eigenvalue weighted by Gasteiger charge is -1.94. The van der Waals surface area contributed by atoms with E-state index in [1.165, 1.54) is 0 Å². The zero-order valence-corrected chi connectivity index (χ0v) is 8.17. The third-order valence-corrected chi connectivity index (χ3v) is 2.06. The molecule has 1 N–H and O–H groups in total. The van der Waals surface area contributed by atoms with Crippen LogP contribution in [0.3, 0.4) is 0 Å². The summed E-state index contributed by atoms with van der Waals surface area (Å²) in [6, 6.07) is 16.8. The maximum Gasteiger partial charge on any atom is 0.141 e. The smallest absolute Gasteiger partial charge is 0.141 e. The van der Waals surface area contributed by atoms with E-state index < -0.39 is 0 Å². The van der Waals surface area contributed by atoms with Gasteiger partial charge in [-0.3, -0.25) is 4.98 Å². The zero-order valence-electron chi connectivity index (χ0n) is 8.17. The number of benzene rings is 1. The highest BCUT2D eigenvalue weighted by Gasteiger charge is 1.94. The summed E-state index contributed by atoms with van der Waals surface area (Å²) in [5, 5.41) is 10.6. The standard InChI is InChI=1S/C13H11NO/c15-12-9-6-8-11-7-4-2-1-3-5-10-14-13(11)12/h1-10,15H. The number of fused-ring (bicyclic) bond motifs is 1. The molecule has 0 amide bonds. The first-order valence-corrected chi connectivity index (χ1v) is 4.74.